The van der Waals surface area contributed by atoms with Crippen LogP contribution in [0.3, 0.4) is 0 Å². The van der Waals surface area contributed by atoms with Gasteiger partial charge >= 0.3 is 0 Å². The fraction of sp³-hybridized carbons (Fsp3) is 0.333. The van der Waals surface area contributed by atoms with Crippen LogP contribution in [0.1, 0.15) is 11.4 Å². The molecule has 1 radical (unpaired) electrons. The van der Waals surface area contributed by atoms with Gasteiger partial charge in [-0.2, -0.15) is 0 Å². The van der Waals surface area contributed by atoms with Gasteiger partial charge in [-0.3, -0.25) is 4.40 Å². The molecule has 0 unspecified atom stereocenters. The molecule has 0 aromatic carbocycles. The molecule has 0 fully saturated rings. The Morgan fingerprint density at radius 2 is 2.12 bits per heavy atom. The van der Waals surface area contributed by atoms with Crippen molar-refractivity contribution in [2.75, 3.05) is 14.1 Å². The van der Waals surface area contributed by atoms with E-state index >= 15 is 0 Å². The van der Waals surface area contributed by atoms with Crippen molar-refractivity contribution in [2.24, 2.45) is 0 Å². The summed E-state index contributed by atoms with van der Waals surface area (Å²) in [5.74, 6) is 0. The van der Waals surface area contributed by atoms with Crippen LogP contribution in [0.5, 0.6) is 0 Å². The van der Waals surface area contributed by atoms with Crippen molar-refractivity contribution >= 4 is 24.2 Å². The molecule has 17 heavy (non-hydrogen) atoms. The van der Waals surface area contributed by atoms with E-state index in [2.05, 4.69) is 32.7 Å². The van der Waals surface area contributed by atoms with Gasteiger partial charge in [-0.05, 0) is 39.5 Å². The zero-order valence-electron chi connectivity index (χ0n) is 10.3. The maximum Gasteiger partial charge on any atom is 0.214 e. The fourth-order valence-corrected chi connectivity index (χ4v) is 2.15. The first kappa shape index (κ1) is 10.5. The van der Waals surface area contributed by atoms with Gasteiger partial charge in [0.15, 0.2) is 5.65 Å². The minimum atomic E-state index is 0.854. The molecule has 4 nitrogen and oxygen atoms in total. The lowest BCUT2D eigenvalue weighted by Gasteiger charge is -2.05. The Hall–Kier alpha value is -1.62. The molecular weight excluding hydrogens is 211 g/mol. The number of hydrogen-bond acceptors (Lipinski definition) is 3. The molecule has 0 aliphatic rings. The molecule has 0 saturated heterocycles. The highest BCUT2D eigenvalue weighted by molar-refractivity contribution is 6.31. The van der Waals surface area contributed by atoms with Crippen LogP contribution in [0.2, 0.25) is 0 Å². The minimum absolute atomic E-state index is 0.854. The molecule has 0 aliphatic carbocycles. The summed E-state index contributed by atoms with van der Waals surface area (Å²) in [6.07, 6.45) is 0.854. The van der Waals surface area contributed by atoms with Crippen LogP contribution in [0.25, 0.3) is 16.8 Å². The number of imidazole rings is 2. The van der Waals surface area contributed by atoms with Gasteiger partial charge in [-0.1, -0.05) is 6.07 Å². The lowest BCUT2D eigenvalue weighted by atomic mass is 9.85. The van der Waals surface area contributed by atoms with Gasteiger partial charge in [0, 0.05) is 0 Å². The maximum absolute atomic E-state index is 4.69. The summed E-state index contributed by atoms with van der Waals surface area (Å²) in [5.41, 5.74) is 5.25. The summed E-state index contributed by atoms with van der Waals surface area (Å²) in [7, 11) is 6.19. The van der Waals surface area contributed by atoms with E-state index < -0.39 is 0 Å². The molecular formula is C12H14BN4. The second-order valence-electron chi connectivity index (χ2n) is 4.53. The molecule has 3 aromatic heterocycles. The van der Waals surface area contributed by atoms with E-state index in [0.717, 1.165) is 34.5 Å². The van der Waals surface area contributed by atoms with Gasteiger partial charge in [-0.15, -0.1) is 0 Å². The number of aromatic nitrogens is 3. The predicted molar refractivity (Wildman–Crippen MR) is 69.6 cm³/mol. The maximum atomic E-state index is 4.69. The SMILES string of the molecule is Cc1nc2cccc3c(C[B]N(C)C)nc1n23. The average Bonchev–Trinajstić information content (AvgIpc) is 2.80. The summed E-state index contributed by atoms with van der Waals surface area (Å²) in [6, 6.07) is 6.17. The molecule has 0 aliphatic heterocycles. The summed E-state index contributed by atoms with van der Waals surface area (Å²) in [5, 5.41) is 0. The normalized spacial score (nSPS) is 12.0. The Bertz CT molecular complexity index is 659. The lowest BCUT2D eigenvalue weighted by Crippen LogP contribution is -2.19. The quantitative estimate of drug-likeness (QED) is 0.630. The fourth-order valence-electron chi connectivity index (χ4n) is 2.15. The van der Waals surface area contributed by atoms with Crippen LogP contribution >= 0.6 is 0 Å². The van der Waals surface area contributed by atoms with Gasteiger partial charge in [0.05, 0.1) is 16.9 Å². The Kier molecular flexibility index (Phi) is 2.29. The van der Waals surface area contributed by atoms with Gasteiger partial charge in [0.1, 0.15) is 5.65 Å². The second-order valence-corrected chi connectivity index (χ2v) is 4.53. The highest BCUT2D eigenvalue weighted by Crippen LogP contribution is 2.21. The Balaban J connectivity index is 2.16. The number of aryl methyl sites for hydroxylation is 1. The third-order valence-electron chi connectivity index (χ3n) is 2.97. The topological polar surface area (TPSA) is 33.4 Å². The van der Waals surface area contributed by atoms with Crippen LogP contribution in [-0.2, 0) is 6.32 Å². The van der Waals surface area contributed by atoms with Crippen molar-refractivity contribution < 1.29 is 0 Å². The summed E-state index contributed by atoms with van der Waals surface area (Å²) in [4.78, 5) is 11.2. The summed E-state index contributed by atoms with van der Waals surface area (Å²) >= 11 is 0. The van der Waals surface area contributed by atoms with Gasteiger partial charge < -0.3 is 4.81 Å². The predicted octanol–water partition coefficient (Wildman–Crippen LogP) is 1.31. The molecule has 0 N–H and O–H groups in total. The standard InChI is InChI=1S/C12H14BN4/c1-8-12-15-9(7-13-16(2)3)10-5-4-6-11(14-8)17(10)12/h4-6H,7H2,1-3H3. The molecule has 3 heterocycles. The van der Waals surface area contributed by atoms with Crippen LogP contribution in [0, 0.1) is 6.92 Å². The molecule has 3 aromatic rings. The van der Waals surface area contributed by atoms with Crippen molar-refractivity contribution in [3.05, 3.63) is 29.6 Å². The zero-order chi connectivity index (χ0) is 12.0. The number of hydrogen-bond donors (Lipinski definition) is 0. The van der Waals surface area contributed by atoms with Gasteiger partial charge in [0.25, 0.3) is 0 Å². The Morgan fingerprint density at radius 1 is 1.29 bits per heavy atom. The lowest BCUT2D eigenvalue weighted by molar-refractivity contribution is 0.657. The first-order valence-electron chi connectivity index (χ1n) is 5.72. The van der Waals surface area contributed by atoms with Crippen LogP contribution < -0.4 is 0 Å². The first-order chi connectivity index (χ1) is 8.16. The van der Waals surface area contributed by atoms with Crippen LogP contribution in [0.15, 0.2) is 18.2 Å². The van der Waals surface area contributed by atoms with Crippen molar-refractivity contribution in [3.8, 4) is 0 Å². The highest BCUT2D eigenvalue weighted by Gasteiger charge is 2.14. The number of nitrogens with zero attached hydrogens (tertiary/aromatic N) is 4. The van der Waals surface area contributed by atoms with Gasteiger partial charge in [0.2, 0.25) is 7.41 Å². The number of pyridine rings is 1. The molecule has 0 saturated carbocycles. The third kappa shape index (κ3) is 1.58. The van der Waals surface area contributed by atoms with E-state index in [4.69, 9.17) is 0 Å². The highest BCUT2D eigenvalue weighted by atomic mass is 15.1. The van der Waals surface area contributed by atoms with Crippen molar-refractivity contribution in [1.29, 1.82) is 0 Å². The van der Waals surface area contributed by atoms with Crippen molar-refractivity contribution in [2.45, 2.75) is 13.2 Å². The van der Waals surface area contributed by atoms with Gasteiger partial charge in [-0.25, -0.2) is 9.97 Å². The monoisotopic (exact) mass is 225 g/mol. The first-order valence-corrected chi connectivity index (χ1v) is 5.72. The molecule has 3 rings (SSSR count). The zero-order valence-corrected chi connectivity index (χ0v) is 10.3. The van der Waals surface area contributed by atoms with Crippen molar-refractivity contribution in [1.82, 2.24) is 19.2 Å². The van der Waals surface area contributed by atoms with E-state index in [9.17, 15) is 0 Å². The van der Waals surface area contributed by atoms with E-state index in [1.165, 1.54) is 0 Å². The van der Waals surface area contributed by atoms with Crippen LogP contribution in [0.4, 0.5) is 0 Å². The van der Waals surface area contributed by atoms with E-state index in [-0.39, 0.29) is 0 Å². The molecule has 0 atom stereocenters. The second kappa shape index (κ2) is 3.70. The smallest absolute Gasteiger partial charge is 0.214 e. The molecule has 85 valence electrons. The van der Waals surface area contributed by atoms with E-state index in [1.807, 2.05) is 33.2 Å². The number of rotatable bonds is 3. The third-order valence-corrected chi connectivity index (χ3v) is 2.97. The average molecular weight is 225 g/mol. The van der Waals surface area contributed by atoms with E-state index in [0.29, 0.717) is 0 Å². The van der Waals surface area contributed by atoms with Crippen molar-refractivity contribution in [3.63, 3.8) is 0 Å². The summed E-state index contributed by atoms with van der Waals surface area (Å²) in [6.45, 7) is 2.01. The van der Waals surface area contributed by atoms with Crippen LogP contribution in [-0.4, -0.2) is 40.7 Å². The largest absolute Gasteiger partial charge is 0.352 e. The minimum Gasteiger partial charge on any atom is -0.352 e. The molecule has 0 amide bonds. The molecule has 0 spiro atoms. The Labute approximate surface area is 101 Å². The molecule has 5 heteroatoms. The summed E-state index contributed by atoms with van der Waals surface area (Å²) < 4.78 is 2.13. The molecule has 0 bridgehead atoms. The van der Waals surface area contributed by atoms with E-state index in [1.54, 1.807) is 0 Å². The Morgan fingerprint density at radius 3 is 2.88 bits per heavy atom.